The molecule has 0 radical (unpaired) electrons. The Bertz CT molecular complexity index is 1180. The first-order valence-corrected chi connectivity index (χ1v) is 16.8. The number of nitrogens with one attached hydrogen (secondary N) is 3. The number of ether oxygens (including phenoxy) is 1. The van der Waals surface area contributed by atoms with Crippen LogP contribution in [0.1, 0.15) is 98.3 Å². The quantitative estimate of drug-likeness (QED) is 0.414. The summed E-state index contributed by atoms with van der Waals surface area (Å²) in [6.07, 6.45) is 10.3. The molecule has 13 heteroatoms. The molecule has 3 fully saturated rings. The summed E-state index contributed by atoms with van der Waals surface area (Å²) in [6, 6.07) is -1.91. The number of hydrogen-bond donors (Lipinski definition) is 3. The van der Waals surface area contributed by atoms with Gasteiger partial charge in [0.15, 0.2) is 0 Å². The third-order valence-electron chi connectivity index (χ3n) is 8.60. The second-order valence-corrected chi connectivity index (χ2v) is 14.7. The first-order chi connectivity index (χ1) is 19.7. The third-order valence-corrected chi connectivity index (χ3v) is 10.2. The summed E-state index contributed by atoms with van der Waals surface area (Å²) in [4.78, 5) is 55.0. The van der Waals surface area contributed by atoms with Crippen molar-refractivity contribution in [2.24, 2.45) is 5.92 Å². The minimum Gasteiger partial charge on any atom is -0.444 e. The highest BCUT2D eigenvalue weighted by molar-refractivity contribution is 7.87. The van der Waals surface area contributed by atoms with Gasteiger partial charge < -0.3 is 20.3 Å². The standard InChI is InChI=1S/C29H47N5O7S/c1-20-13-10-11-18-34(20)42(39,40)32-26(37)29-19-21(29)14-8-6-5-7-9-15-22(30-27(38)41-28(2,3)4)25(36)33-17-12-16-23(33)24(35)31-29/h8,14,20-23H,5-7,9-13,15-19H2,1-4H3,(H,30,38)(H,31,35)(H,32,37)/b14-8-/t20?,21-,22?,23+,29-/m1/s1. The summed E-state index contributed by atoms with van der Waals surface area (Å²) in [5.41, 5.74) is -2.14. The Kier molecular flexibility index (Phi) is 9.91. The van der Waals surface area contributed by atoms with Crippen molar-refractivity contribution in [3.8, 4) is 0 Å². The summed E-state index contributed by atoms with van der Waals surface area (Å²) < 4.78 is 35.4. The number of carbonyl (C=O) groups excluding carboxylic acids is 4. The minimum atomic E-state index is -4.09. The number of allylic oxidation sites excluding steroid dienone is 1. The minimum absolute atomic E-state index is 0.223. The summed E-state index contributed by atoms with van der Waals surface area (Å²) in [7, 11) is -4.09. The molecule has 2 unspecified atom stereocenters. The molecule has 5 atom stereocenters. The SMILES string of the molecule is CC1CCCCN1S(=O)(=O)NC(=O)[C@@]12C[C@H]1/C=C\CCCCCC(NC(=O)OC(C)(C)C)C(=O)N1CCC[C@H]1C(=O)N2. The second kappa shape index (κ2) is 12.9. The van der Waals surface area contributed by atoms with Crippen LogP contribution in [-0.4, -0.2) is 83.8 Å². The van der Waals surface area contributed by atoms with Gasteiger partial charge in [0, 0.05) is 25.0 Å². The number of nitrogens with zero attached hydrogens (tertiary/aromatic N) is 2. The number of carbonyl (C=O) groups is 4. The molecule has 236 valence electrons. The van der Waals surface area contributed by atoms with Crippen molar-refractivity contribution in [2.75, 3.05) is 13.1 Å². The lowest BCUT2D eigenvalue weighted by atomic mass is 10.0. The normalized spacial score (nSPS) is 32.3. The van der Waals surface area contributed by atoms with Crippen LogP contribution in [0.15, 0.2) is 12.2 Å². The highest BCUT2D eigenvalue weighted by Crippen LogP contribution is 2.45. The van der Waals surface area contributed by atoms with Crippen molar-refractivity contribution in [1.29, 1.82) is 0 Å². The molecular formula is C29H47N5O7S. The molecule has 4 aliphatic rings. The summed E-state index contributed by atoms with van der Waals surface area (Å²) >= 11 is 0. The Morgan fingerprint density at radius 1 is 1.02 bits per heavy atom. The predicted octanol–water partition coefficient (Wildman–Crippen LogP) is 2.50. The lowest BCUT2D eigenvalue weighted by molar-refractivity contribution is -0.141. The molecular weight excluding hydrogens is 562 g/mol. The second-order valence-electron chi connectivity index (χ2n) is 13.1. The van der Waals surface area contributed by atoms with Crippen LogP contribution < -0.4 is 15.4 Å². The van der Waals surface area contributed by atoms with E-state index in [1.807, 2.05) is 19.1 Å². The largest absolute Gasteiger partial charge is 0.444 e. The number of amides is 4. The summed E-state index contributed by atoms with van der Waals surface area (Å²) in [5, 5.41) is 5.58. The van der Waals surface area contributed by atoms with Crippen LogP contribution >= 0.6 is 0 Å². The smallest absolute Gasteiger partial charge is 0.408 e. The average Bonchev–Trinajstić information content (AvgIpc) is 3.35. The van der Waals surface area contributed by atoms with Crippen molar-refractivity contribution in [1.82, 2.24) is 24.6 Å². The molecule has 2 saturated heterocycles. The molecule has 0 aromatic heterocycles. The Balaban J connectivity index is 1.54. The van der Waals surface area contributed by atoms with Crippen molar-refractivity contribution in [3.05, 3.63) is 12.2 Å². The first-order valence-electron chi connectivity index (χ1n) is 15.4. The van der Waals surface area contributed by atoms with Gasteiger partial charge >= 0.3 is 16.3 Å². The van der Waals surface area contributed by atoms with Crippen LogP contribution in [0.5, 0.6) is 0 Å². The Labute approximate surface area is 249 Å². The molecule has 3 N–H and O–H groups in total. The Morgan fingerprint density at radius 2 is 1.76 bits per heavy atom. The molecule has 3 heterocycles. The number of piperidine rings is 1. The van der Waals surface area contributed by atoms with Gasteiger partial charge in [0.1, 0.15) is 23.2 Å². The van der Waals surface area contributed by atoms with E-state index in [0.29, 0.717) is 38.8 Å². The van der Waals surface area contributed by atoms with Crippen LogP contribution in [0.3, 0.4) is 0 Å². The first kappa shape index (κ1) is 32.2. The van der Waals surface area contributed by atoms with E-state index in [2.05, 4.69) is 15.4 Å². The highest BCUT2D eigenvalue weighted by atomic mass is 32.2. The Hall–Kier alpha value is -2.67. The van der Waals surface area contributed by atoms with Crippen molar-refractivity contribution in [2.45, 2.75) is 128 Å². The fourth-order valence-corrected chi connectivity index (χ4v) is 7.72. The van der Waals surface area contributed by atoms with Gasteiger partial charge in [-0.25, -0.2) is 9.52 Å². The van der Waals surface area contributed by atoms with Gasteiger partial charge in [-0.1, -0.05) is 31.4 Å². The van der Waals surface area contributed by atoms with E-state index in [-0.39, 0.29) is 24.3 Å². The number of hydrogen-bond acceptors (Lipinski definition) is 7. The molecule has 1 saturated carbocycles. The molecule has 0 bridgehead atoms. The van der Waals surface area contributed by atoms with Crippen LogP contribution in [0.4, 0.5) is 4.79 Å². The van der Waals surface area contributed by atoms with E-state index in [9.17, 15) is 27.6 Å². The van der Waals surface area contributed by atoms with Crippen LogP contribution in [0.2, 0.25) is 0 Å². The van der Waals surface area contributed by atoms with Crippen LogP contribution in [0, 0.1) is 5.92 Å². The molecule has 42 heavy (non-hydrogen) atoms. The fraction of sp³-hybridized carbons (Fsp3) is 0.793. The third kappa shape index (κ3) is 7.64. The molecule has 0 aromatic carbocycles. The molecule has 4 amide bonds. The zero-order valence-electron chi connectivity index (χ0n) is 25.3. The van der Waals surface area contributed by atoms with Gasteiger partial charge in [-0.3, -0.25) is 14.4 Å². The van der Waals surface area contributed by atoms with Gasteiger partial charge in [0.2, 0.25) is 11.8 Å². The number of rotatable bonds is 4. The van der Waals surface area contributed by atoms with E-state index >= 15 is 0 Å². The maximum absolute atomic E-state index is 13.7. The van der Waals surface area contributed by atoms with Crippen LogP contribution in [0.25, 0.3) is 0 Å². The zero-order valence-corrected chi connectivity index (χ0v) is 26.1. The van der Waals surface area contributed by atoms with Gasteiger partial charge in [0.05, 0.1) is 0 Å². The van der Waals surface area contributed by atoms with Crippen molar-refractivity contribution in [3.63, 3.8) is 0 Å². The fourth-order valence-electron chi connectivity index (χ4n) is 6.24. The molecule has 0 spiro atoms. The van der Waals surface area contributed by atoms with Gasteiger partial charge in [-0.05, 0) is 79.1 Å². The van der Waals surface area contributed by atoms with Gasteiger partial charge in [0.25, 0.3) is 5.91 Å². The lowest BCUT2D eigenvalue weighted by Gasteiger charge is -2.33. The monoisotopic (exact) mass is 609 g/mol. The molecule has 4 rings (SSSR count). The Morgan fingerprint density at radius 3 is 2.48 bits per heavy atom. The average molecular weight is 610 g/mol. The van der Waals surface area contributed by atoms with Crippen molar-refractivity contribution >= 4 is 34.0 Å². The molecule has 1 aliphatic carbocycles. The van der Waals surface area contributed by atoms with Crippen molar-refractivity contribution < 1.29 is 32.3 Å². The lowest BCUT2D eigenvalue weighted by Crippen LogP contribution is -2.59. The van der Waals surface area contributed by atoms with E-state index in [1.165, 1.54) is 9.21 Å². The van der Waals surface area contributed by atoms with Gasteiger partial charge in [-0.15, -0.1) is 0 Å². The van der Waals surface area contributed by atoms with Gasteiger partial charge in [-0.2, -0.15) is 12.7 Å². The predicted molar refractivity (Wildman–Crippen MR) is 156 cm³/mol. The molecule has 0 aromatic rings. The molecule has 12 nitrogen and oxygen atoms in total. The topological polar surface area (TPSA) is 154 Å². The van der Waals surface area contributed by atoms with E-state index in [4.69, 9.17) is 4.74 Å². The van der Waals surface area contributed by atoms with E-state index in [1.54, 1.807) is 20.8 Å². The van der Waals surface area contributed by atoms with Crippen LogP contribution in [-0.2, 0) is 29.3 Å². The maximum atomic E-state index is 13.7. The summed E-state index contributed by atoms with van der Waals surface area (Å²) in [6.45, 7) is 7.74. The summed E-state index contributed by atoms with van der Waals surface area (Å²) in [5.74, 6) is -1.97. The maximum Gasteiger partial charge on any atom is 0.408 e. The number of alkyl carbamates (subject to hydrolysis) is 1. The molecule has 3 aliphatic heterocycles. The zero-order chi connectivity index (χ0) is 30.7. The van der Waals surface area contributed by atoms with E-state index in [0.717, 1.165) is 38.5 Å². The van der Waals surface area contributed by atoms with E-state index < -0.39 is 51.3 Å². The highest BCUT2D eigenvalue weighted by Gasteiger charge is 2.61. The number of fused-ring (bicyclic) bond motifs is 2.